The summed E-state index contributed by atoms with van der Waals surface area (Å²) in [7, 11) is 1.83. The maximum atomic E-state index is 5.72. The van der Waals surface area contributed by atoms with E-state index < -0.39 is 0 Å². The first kappa shape index (κ1) is 14.3. The van der Waals surface area contributed by atoms with Gasteiger partial charge in [-0.05, 0) is 39.8 Å². The van der Waals surface area contributed by atoms with Gasteiger partial charge in [-0.1, -0.05) is 0 Å². The summed E-state index contributed by atoms with van der Waals surface area (Å²) in [4.78, 5) is 2.60. The van der Waals surface area contributed by atoms with Crippen LogP contribution in [0.25, 0.3) is 0 Å². The van der Waals surface area contributed by atoms with Crippen LogP contribution in [0.15, 0.2) is 0 Å². The molecule has 0 radical (unpaired) electrons. The summed E-state index contributed by atoms with van der Waals surface area (Å²) >= 11 is 0. The van der Waals surface area contributed by atoms with E-state index in [2.05, 4.69) is 24.1 Å². The molecule has 2 aliphatic heterocycles. The molecule has 0 spiro atoms. The SMILES string of the molecule is COCC1(CN2CC(C)OCC2C)CCNCC1. The van der Waals surface area contributed by atoms with Crippen LogP contribution in [0.5, 0.6) is 0 Å². The smallest absolute Gasteiger partial charge is 0.0674 e. The Bertz CT molecular complexity index is 249. The average molecular weight is 256 g/mol. The molecule has 4 heteroatoms. The van der Waals surface area contributed by atoms with Crippen LogP contribution in [0.3, 0.4) is 0 Å². The number of methoxy groups -OCH3 is 1. The molecule has 2 aliphatic rings. The van der Waals surface area contributed by atoms with Gasteiger partial charge in [0.2, 0.25) is 0 Å². The van der Waals surface area contributed by atoms with Gasteiger partial charge in [-0.2, -0.15) is 0 Å². The molecule has 18 heavy (non-hydrogen) atoms. The molecule has 0 aromatic carbocycles. The van der Waals surface area contributed by atoms with Gasteiger partial charge in [0.15, 0.2) is 0 Å². The molecule has 0 aromatic heterocycles. The predicted octanol–water partition coefficient (Wildman–Crippen LogP) is 1.11. The zero-order valence-corrected chi connectivity index (χ0v) is 12.1. The largest absolute Gasteiger partial charge is 0.384 e. The third-order valence-electron chi connectivity index (χ3n) is 4.39. The van der Waals surface area contributed by atoms with Gasteiger partial charge in [0, 0.05) is 31.7 Å². The Morgan fingerprint density at radius 3 is 2.72 bits per heavy atom. The zero-order chi connectivity index (χ0) is 13.0. The summed E-state index contributed by atoms with van der Waals surface area (Å²) in [6, 6.07) is 0.532. The van der Waals surface area contributed by atoms with Crippen LogP contribution in [0, 0.1) is 5.41 Å². The number of ether oxygens (including phenoxy) is 2. The molecule has 106 valence electrons. The fourth-order valence-electron chi connectivity index (χ4n) is 3.23. The number of nitrogens with zero attached hydrogens (tertiary/aromatic N) is 1. The van der Waals surface area contributed by atoms with E-state index in [1.54, 1.807) is 0 Å². The molecule has 0 bridgehead atoms. The maximum Gasteiger partial charge on any atom is 0.0674 e. The summed E-state index contributed by atoms with van der Waals surface area (Å²) in [6.07, 6.45) is 2.81. The molecule has 0 amide bonds. The highest BCUT2D eigenvalue weighted by molar-refractivity contribution is 4.90. The van der Waals surface area contributed by atoms with Gasteiger partial charge in [0.1, 0.15) is 0 Å². The molecule has 2 heterocycles. The predicted molar refractivity (Wildman–Crippen MR) is 72.9 cm³/mol. The summed E-state index contributed by atoms with van der Waals surface area (Å²) < 4.78 is 11.2. The number of morpholine rings is 1. The molecule has 2 rings (SSSR count). The Hall–Kier alpha value is -0.160. The Balaban J connectivity index is 1.98. The van der Waals surface area contributed by atoms with Crippen molar-refractivity contribution in [2.75, 3.05) is 46.5 Å². The third-order valence-corrected chi connectivity index (χ3v) is 4.39. The van der Waals surface area contributed by atoms with E-state index in [0.717, 1.165) is 39.4 Å². The first-order valence-electron chi connectivity index (χ1n) is 7.20. The highest BCUT2D eigenvalue weighted by Crippen LogP contribution is 2.31. The van der Waals surface area contributed by atoms with Gasteiger partial charge in [-0.25, -0.2) is 0 Å². The van der Waals surface area contributed by atoms with E-state index >= 15 is 0 Å². The molecule has 0 aliphatic carbocycles. The normalized spacial score (nSPS) is 33.5. The molecule has 1 N–H and O–H groups in total. The second-order valence-electron chi connectivity index (χ2n) is 6.11. The van der Waals surface area contributed by atoms with Gasteiger partial charge in [-0.3, -0.25) is 4.90 Å². The van der Waals surface area contributed by atoms with E-state index in [0.29, 0.717) is 17.6 Å². The first-order chi connectivity index (χ1) is 8.65. The number of rotatable bonds is 4. The monoisotopic (exact) mass is 256 g/mol. The van der Waals surface area contributed by atoms with Gasteiger partial charge in [0.25, 0.3) is 0 Å². The van der Waals surface area contributed by atoms with Crippen LogP contribution in [0.4, 0.5) is 0 Å². The number of hydrogen-bond acceptors (Lipinski definition) is 4. The van der Waals surface area contributed by atoms with E-state index in [9.17, 15) is 0 Å². The van der Waals surface area contributed by atoms with E-state index in [-0.39, 0.29) is 0 Å². The van der Waals surface area contributed by atoms with E-state index in [1.165, 1.54) is 12.8 Å². The Morgan fingerprint density at radius 2 is 2.06 bits per heavy atom. The summed E-state index contributed by atoms with van der Waals surface area (Å²) in [5.41, 5.74) is 0.339. The minimum Gasteiger partial charge on any atom is -0.384 e. The standard InChI is InChI=1S/C14H28N2O2/c1-12-9-18-13(2)8-16(12)10-14(11-17-3)4-6-15-7-5-14/h12-13,15H,4-11H2,1-3H3. The average Bonchev–Trinajstić information content (AvgIpc) is 2.35. The highest BCUT2D eigenvalue weighted by atomic mass is 16.5. The van der Waals surface area contributed by atoms with Gasteiger partial charge in [0.05, 0.1) is 19.3 Å². The van der Waals surface area contributed by atoms with Crippen molar-refractivity contribution in [1.82, 2.24) is 10.2 Å². The second kappa shape index (κ2) is 6.33. The summed E-state index contributed by atoms with van der Waals surface area (Å²) in [5, 5.41) is 3.46. The molecule has 2 unspecified atom stereocenters. The van der Waals surface area contributed by atoms with Gasteiger partial charge in [-0.15, -0.1) is 0 Å². The lowest BCUT2D eigenvalue weighted by Gasteiger charge is -2.45. The molecule has 4 nitrogen and oxygen atoms in total. The Kier molecular flexibility index (Phi) is 5.01. The van der Waals surface area contributed by atoms with Gasteiger partial charge < -0.3 is 14.8 Å². The van der Waals surface area contributed by atoms with Crippen molar-refractivity contribution in [3.8, 4) is 0 Å². The fourth-order valence-corrected chi connectivity index (χ4v) is 3.23. The lowest BCUT2D eigenvalue weighted by Crippen LogP contribution is -2.54. The molecule has 0 saturated carbocycles. The van der Waals surface area contributed by atoms with Crippen molar-refractivity contribution < 1.29 is 9.47 Å². The van der Waals surface area contributed by atoms with Crippen LogP contribution < -0.4 is 5.32 Å². The molecular weight excluding hydrogens is 228 g/mol. The van der Waals surface area contributed by atoms with Crippen molar-refractivity contribution in [2.45, 2.75) is 38.8 Å². The first-order valence-corrected chi connectivity index (χ1v) is 7.20. The highest BCUT2D eigenvalue weighted by Gasteiger charge is 2.36. The third kappa shape index (κ3) is 3.44. The van der Waals surface area contributed by atoms with Crippen molar-refractivity contribution >= 4 is 0 Å². The van der Waals surface area contributed by atoms with Crippen LogP contribution in [-0.4, -0.2) is 63.5 Å². The molecule has 0 aromatic rings. The minimum absolute atomic E-state index is 0.339. The van der Waals surface area contributed by atoms with Gasteiger partial charge >= 0.3 is 0 Å². The van der Waals surface area contributed by atoms with E-state index in [4.69, 9.17) is 9.47 Å². The van der Waals surface area contributed by atoms with Crippen LogP contribution in [-0.2, 0) is 9.47 Å². The van der Waals surface area contributed by atoms with Crippen molar-refractivity contribution in [1.29, 1.82) is 0 Å². The Morgan fingerprint density at radius 1 is 1.33 bits per heavy atom. The van der Waals surface area contributed by atoms with Crippen LogP contribution in [0.1, 0.15) is 26.7 Å². The lowest BCUT2D eigenvalue weighted by atomic mass is 9.78. The topological polar surface area (TPSA) is 33.7 Å². The quantitative estimate of drug-likeness (QED) is 0.817. The maximum absolute atomic E-state index is 5.72. The summed E-state index contributed by atoms with van der Waals surface area (Å²) in [6.45, 7) is 10.6. The van der Waals surface area contributed by atoms with Crippen LogP contribution in [0.2, 0.25) is 0 Å². The minimum atomic E-state index is 0.339. The van der Waals surface area contributed by atoms with Crippen molar-refractivity contribution in [3.05, 3.63) is 0 Å². The van der Waals surface area contributed by atoms with E-state index in [1.807, 2.05) is 7.11 Å². The Labute approximate surface area is 111 Å². The number of nitrogens with one attached hydrogen (secondary N) is 1. The van der Waals surface area contributed by atoms with Crippen molar-refractivity contribution in [3.63, 3.8) is 0 Å². The molecule has 2 saturated heterocycles. The lowest BCUT2D eigenvalue weighted by molar-refractivity contribution is -0.0758. The number of hydrogen-bond donors (Lipinski definition) is 1. The molecule has 2 atom stereocenters. The fraction of sp³-hybridized carbons (Fsp3) is 1.00. The zero-order valence-electron chi connectivity index (χ0n) is 12.1. The number of piperidine rings is 1. The van der Waals surface area contributed by atoms with Crippen molar-refractivity contribution in [2.24, 2.45) is 5.41 Å². The molecular formula is C14H28N2O2. The van der Waals surface area contributed by atoms with Crippen LogP contribution >= 0.6 is 0 Å². The summed E-state index contributed by atoms with van der Waals surface area (Å²) in [5.74, 6) is 0. The molecule has 2 fully saturated rings. The second-order valence-corrected chi connectivity index (χ2v) is 6.11.